The average Bonchev–Trinajstić information content (AvgIpc) is 3.64. The number of urea groups is 1. The van der Waals surface area contributed by atoms with Crippen molar-refractivity contribution in [1.82, 2.24) is 9.47 Å². The van der Waals surface area contributed by atoms with Gasteiger partial charge in [-0.3, -0.25) is 9.69 Å². The van der Waals surface area contributed by atoms with Gasteiger partial charge in [0.1, 0.15) is 12.6 Å². The summed E-state index contributed by atoms with van der Waals surface area (Å²) in [5.41, 5.74) is 5.43. The molecule has 6 rings (SSSR count). The van der Waals surface area contributed by atoms with Gasteiger partial charge in [-0.2, -0.15) is 0 Å². The highest BCUT2D eigenvalue weighted by Gasteiger charge is 2.40. The lowest BCUT2D eigenvalue weighted by molar-refractivity contribution is -0.119. The van der Waals surface area contributed by atoms with Gasteiger partial charge in [0, 0.05) is 17.9 Å². The number of halogens is 2. The first kappa shape index (κ1) is 24.6. The molecule has 4 aromatic rings. The molecular weight excluding hydrogens is 519 g/mol. The van der Waals surface area contributed by atoms with E-state index in [1.54, 1.807) is 23.1 Å². The number of hydrogen-bond donors (Lipinski definition) is 1. The predicted octanol–water partition coefficient (Wildman–Crippen LogP) is 7.23. The minimum absolute atomic E-state index is 0.0171. The summed E-state index contributed by atoms with van der Waals surface area (Å²) in [5, 5.41) is 3.65. The van der Waals surface area contributed by atoms with E-state index in [2.05, 4.69) is 40.2 Å². The predicted molar refractivity (Wildman–Crippen MR) is 151 cm³/mol. The number of nitrogens with one attached hydrogen (secondary N) is 1. The molecule has 0 saturated heterocycles. The van der Waals surface area contributed by atoms with E-state index in [1.165, 1.54) is 0 Å². The lowest BCUT2D eigenvalue weighted by atomic mass is 9.97. The number of hydrogen-bond acceptors (Lipinski definition) is 2. The normalized spacial score (nSPS) is 16.0. The highest BCUT2D eigenvalue weighted by Crippen LogP contribution is 2.42. The molecule has 3 aromatic carbocycles. The molecule has 1 saturated carbocycles. The van der Waals surface area contributed by atoms with Gasteiger partial charge >= 0.3 is 6.03 Å². The molecule has 0 radical (unpaired) electrons. The molecule has 1 aliphatic carbocycles. The smallest absolute Gasteiger partial charge is 0.316 e. The van der Waals surface area contributed by atoms with Crippen LogP contribution in [-0.4, -0.2) is 34.0 Å². The molecule has 2 heterocycles. The van der Waals surface area contributed by atoms with Crippen molar-refractivity contribution in [2.75, 3.05) is 16.8 Å². The number of carbonyl (C=O) groups excluding carboxylic acids is 2. The van der Waals surface area contributed by atoms with Gasteiger partial charge in [0.05, 0.1) is 27.1 Å². The summed E-state index contributed by atoms with van der Waals surface area (Å²) in [4.78, 5) is 31.0. The third-order valence-electron chi connectivity index (χ3n) is 7.11. The first-order chi connectivity index (χ1) is 18.4. The summed E-state index contributed by atoms with van der Waals surface area (Å²) >= 11 is 12.2. The summed E-state index contributed by atoms with van der Waals surface area (Å²) in [6.07, 6.45) is 3.75. The Hall–Kier alpha value is -3.74. The molecule has 3 amide bonds. The van der Waals surface area contributed by atoms with Crippen LogP contribution in [0.25, 0.3) is 5.69 Å². The molecule has 192 valence electrons. The van der Waals surface area contributed by atoms with Gasteiger partial charge in [0.25, 0.3) is 0 Å². The molecular formula is C30H26Cl2N4O2. The molecule has 38 heavy (non-hydrogen) atoms. The van der Waals surface area contributed by atoms with E-state index in [9.17, 15) is 9.59 Å². The summed E-state index contributed by atoms with van der Waals surface area (Å²) < 4.78 is 2.14. The van der Waals surface area contributed by atoms with Crippen molar-refractivity contribution in [2.24, 2.45) is 0 Å². The minimum atomic E-state index is -0.334. The summed E-state index contributed by atoms with van der Waals surface area (Å²) in [5.74, 6) is -0.147. The Morgan fingerprint density at radius 3 is 2.37 bits per heavy atom. The zero-order chi connectivity index (χ0) is 26.4. The maximum Gasteiger partial charge on any atom is 0.322 e. The molecule has 8 heteroatoms. The zero-order valence-corrected chi connectivity index (χ0v) is 22.3. The molecule has 1 aliphatic heterocycles. The quantitative estimate of drug-likeness (QED) is 0.288. The standard InChI is InChI=1S/C30H26Cl2N4O2/c1-19-8-10-20(11-9-19)29-27-7-4-16-34(27)25-5-2-3-6-26(25)36(29)28(37)18-35(22-13-14-22)30(38)33-21-12-15-23(31)24(32)17-21/h2-12,15-17,22,29H,13-14,18H2,1H3,(H,33,38). The van der Waals surface area contributed by atoms with Crippen molar-refractivity contribution in [3.63, 3.8) is 0 Å². The van der Waals surface area contributed by atoms with Gasteiger partial charge in [-0.05, 0) is 67.8 Å². The lowest BCUT2D eigenvalue weighted by Gasteiger charge is -2.39. The SMILES string of the molecule is Cc1ccc(C2c3cccn3-c3ccccc3N2C(=O)CN(C(=O)Nc2ccc(Cl)c(Cl)c2)C2CC2)cc1. The molecule has 1 aromatic heterocycles. The Kier molecular flexibility index (Phi) is 6.38. The number of nitrogens with zero attached hydrogens (tertiary/aromatic N) is 3. The molecule has 2 aliphatic rings. The first-order valence-electron chi connectivity index (χ1n) is 12.6. The highest BCUT2D eigenvalue weighted by molar-refractivity contribution is 6.42. The highest BCUT2D eigenvalue weighted by atomic mass is 35.5. The number of anilines is 2. The summed E-state index contributed by atoms with van der Waals surface area (Å²) in [7, 11) is 0. The summed E-state index contributed by atoms with van der Waals surface area (Å²) in [6, 6.07) is 24.5. The van der Waals surface area contributed by atoms with Crippen LogP contribution in [0, 0.1) is 6.92 Å². The fourth-order valence-corrected chi connectivity index (χ4v) is 5.37. The molecule has 0 spiro atoms. The van der Waals surface area contributed by atoms with Crippen molar-refractivity contribution in [3.05, 3.63) is 112 Å². The molecule has 1 unspecified atom stereocenters. The monoisotopic (exact) mass is 544 g/mol. The molecule has 1 N–H and O–H groups in total. The van der Waals surface area contributed by atoms with Crippen LogP contribution in [-0.2, 0) is 4.79 Å². The van der Waals surface area contributed by atoms with Crippen LogP contribution in [0.1, 0.15) is 35.7 Å². The van der Waals surface area contributed by atoms with Gasteiger partial charge in [-0.15, -0.1) is 0 Å². The molecule has 6 nitrogen and oxygen atoms in total. The zero-order valence-electron chi connectivity index (χ0n) is 20.8. The van der Waals surface area contributed by atoms with E-state index in [4.69, 9.17) is 23.2 Å². The third kappa shape index (κ3) is 4.55. The van der Waals surface area contributed by atoms with Gasteiger partial charge in [-0.1, -0.05) is 65.2 Å². The van der Waals surface area contributed by atoms with Crippen molar-refractivity contribution >= 4 is 46.5 Å². The van der Waals surface area contributed by atoms with E-state index in [0.29, 0.717) is 15.7 Å². The van der Waals surface area contributed by atoms with E-state index in [-0.39, 0.29) is 30.6 Å². The second-order valence-electron chi connectivity index (χ2n) is 9.79. The second-order valence-corrected chi connectivity index (χ2v) is 10.6. The Morgan fingerprint density at radius 2 is 1.66 bits per heavy atom. The Bertz CT molecular complexity index is 1530. The van der Waals surface area contributed by atoms with Gasteiger partial charge < -0.3 is 14.8 Å². The lowest BCUT2D eigenvalue weighted by Crippen LogP contribution is -2.48. The topological polar surface area (TPSA) is 57.6 Å². The fraction of sp³-hybridized carbons (Fsp3) is 0.200. The third-order valence-corrected chi connectivity index (χ3v) is 7.85. The Balaban J connectivity index is 1.35. The molecule has 1 atom stereocenters. The van der Waals surface area contributed by atoms with Crippen LogP contribution in [0.2, 0.25) is 10.0 Å². The number of carbonyl (C=O) groups is 2. The van der Waals surface area contributed by atoms with Crippen molar-refractivity contribution < 1.29 is 9.59 Å². The first-order valence-corrected chi connectivity index (χ1v) is 13.3. The van der Waals surface area contributed by atoms with Crippen molar-refractivity contribution in [3.8, 4) is 5.69 Å². The molecule has 1 fully saturated rings. The number of para-hydroxylation sites is 2. The number of aromatic nitrogens is 1. The maximum atomic E-state index is 14.2. The van der Waals surface area contributed by atoms with E-state index < -0.39 is 0 Å². The van der Waals surface area contributed by atoms with E-state index in [1.807, 2.05) is 48.4 Å². The maximum absolute atomic E-state index is 14.2. The van der Waals surface area contributed by atoms with Crippen molar-refractivity contribution in [1.29, 1.82) is 0 Å². The Morgan fingerprint density at radius 1 is 0.921 bits per heavy atom. The van der Waals surface area contributed by atoms with Crippen LogP contribution in [0.15, 0.2) is 85.1 Å². The van der Waals surface area contributed by atoms with E-state index in [0.717, 1.165) is 41.0 Å². The number of benzene rings is 3. The number of fused-ring (bicyclic) bond motifs is 3. The van der Waals surface area contributed by atoms with Crippen molar-refractivity contribution in [2.45, 2.75) is 31.8 Å². The largest absolute Gasteiger partial charge is 0.322 e. The summed E-state index contributed by atoms with van der Waals surface area (Å²) in [6.45, 7) is 2.00. The minimum Gasteiger partial charge on any atom is -0.316 e. The number of aryl methyl sites for hydroxylation is 1. The van der Waals surface area contributed by atoms with Crippen LogP contribution in [0.5, 0.6) is 0 Å². The van der Waals surface area contributed by atoms with Crippen LogP contribution >= 0.6 is 23.2 Å². The van der Waals surface area contributed by atoms with Crippen LogP contribution in [0.4, 0.5) is 16.2 Å². The van der Waals surface area contributed by atoms with E-state index >= 15 is 0 Å². The number of amides is 3. The Labute approximate surface area is 231 Å². The number of rotatable bonds is 5. The van der Waals surface area contributed by atoms with Gasteiger partial charge in [0.15, 0.2) is 0 Å². The van der Waals surface area contributed by atoms with Gasteiger partial charge in [0.2, 0.25) is 5.91 Å². The average molecular weight is 545 g/mol. The van der Waals surface area contributed by atoms with Crippen LogP contribution < -0.4 is 10.2 Å². The van der Waals surface area contributed by atoms with Crippen LogP contribution in [0.3, 0.4) is 0 Å². The molecule has 0 bridgehead atoms. The second kappa shape index (κ2) is 9.86. The fourth-order valence-electron chi connectivity index (χ4n) is 5.07. The van der Waals surface area contributed by atoms with Gasteiger partial charge in [-0.25, -0.2) is 4.79 Å².